The van der Waals surface area contributed by atoms with Gasteiger partial charge in [-0.15, -0.1) is 10.2 Å². The Hall–Kier alpha value is -3.30. The normalized spacial score (nSPS) is 17.9. The maximum absolute atomic E-state index is 13.9. The summed E-state index contributed by atoms with van der Waals surface area (Å²) < 4.78 is 19.1. The molecular formula is C21H15ClFN3O4S. The molecule has 0 bridgehead atoms. The minimum atomic E-state index is -1.02. The highest BCUT2D eigenvalue weighted by molar-refractivity contribution is 7.15. The van der Waals surface area contributed by atoms with E-state index >= 15 is 0 Å². The molecule has 1 amide bonds. The zero-order valence-corrected chi connectivity index (χ0v) is 17.9. The van der Waals surface area contributed by atoms with Gasteiger partial charge in [0.1, 0.15) is 22.3 Å². The number of carbonyl (C=O) groups excluding carboxylic acids is 2. The number of halogens is 2. The number of nitrogens with zero attached hydrogens (tertiary/aromatic N) is 3. The summed E-state index contributed by atoms with van der Waals surface area (Å²) in [6.07, 6.45) is 0. The summed E-state index contributed by atoms with van der Waals surface area (Å²) in [4.78, 5) is 27.2. The van der Waals surface area contributed by atoms with Crippen molar-refractivity contribution in [2.45, 2.75) is 13.0 Å². The Morgan fingerprint density at radius 2 is 1.90 bits per heavy atom. The molecule has 10 heteroatoms. The van der Waals surface area contributed by atoms with Gasteiger partial charge in [0.05, 0.1) is 24.3 Å². The van der Waals surface area contributed by atoms with Crippen LogP contribution in [0.3, 0.4) is 0 Å². The number of Topliss-reactive ketones (excluding diaryl/α,β-unsaturated/α-hetero) is 1. The molecule has 4 rings (SSSR count). The van der Waals surface area contributed by atoms with Crippen molar-refractivity contribution in [3.05, 3.63) is 75.0 Å². The summed E-state index contributed by atoms with van der Waals surface area (Å²) in [6.45, 7) is 1.71. The van der Waals surface area contributed by atoms with Crippen LogP contribution in [0, 0.1) is 12.7 Å². The number of benzene rings is 2. The quantitative estimate of drug-likeness (QED) is 0.356. The predicted octanol–water partition coefficient (Wildman–Crippen LogP) is 4.27. The largest absolute Gasteiger partial charge is 0.507 e. The Morgan fingerprint density at radius 1 is 1.19 bits per heavy atom. The first-order valence-electron chi connectivity index (χ1n) is 9.02. The number of amides is 1. The molecule has 158 valence electrons. The van der Waals surface area contributed by atoms with E-state index < -0.39 is 29.3 Å². The van der Waals surface area contributed by atoms with Crippen LogP contribution in [0.15, 0.2) is 48.0 Å². The zero-order chi connectivity index (χ0) is 22.3. The summed E-state index contributed by atoms with van der Waals surface area (Å²) in [5, 5.41) is 20.2. The smallest absolute Gasteiger partial charge is 0.301 e. The van der Waals surface area contributed by atoms with Gasteiger partial charge >= 0.3 is 5.91 Å². The number of aliphatic hydroxyl groups excluding tert-OH is 1. The minimum Gasteiger partial charge on any atom is -0.507 e. The fourth-order valence-electron chi connectivity index (χ4n) is 3.38. The van der Waals surface area contributed by atoms with Gasteiger partial charge in [0.15, 0.2) is 0 Å². The van der Waals surface area contributed by atoms with Crippen LogP contribution in [0.2, 0.25) is 5.02 Å². The molecule has 7 nitrogen and oxygen atoms in total. The third-order valence-corrected chi connectivity index (χ3v) is 5.86. The van der Waals surface area contributed by atoms with Gasteiger partial charge in [0, 0.05) is 5.02 Å². The molecule has 0 unspecified atom stereocenters. The van der Waals surface area contributed by atoms with Crippen LogP contribution in [0.25, 0.3) is 5.76 Å². The molecule has 1 atom stereocenters. The molecule has 0 saturated carbocycles. The first-order chi connectivity index (χ1) is 14.8. The molecule has 1 aliphatic heterocycles. The van der Waals surface area contributed by atoms with E-state index in [1.165, 1.54) is 18.1 Å². The summed E-state index contributed by atoms with van der Waals surface area (Å²) in [5.41, 5.74) is 0.241. The van der Waals surface area contributed by atoms with Crippen LogP contribution in [-0.4, -0.2) is 34.1 Å². The number of hydrogen-bond donors (Lipinski definition) is 1. The van der Waals surface area contributed by atoms with Gasteiger partial charge in [-0.3, -0.25) is 14.5 Å². The van der Waals surface area contributed by atoms with Gasteiger partial charge in [-0.25, -0.2) is 4.39 Å². The Bertz CT molecular complexity index is 1230. The lowest BCUT2D eigenvalue weighted by molar-refractivity contribution is -0.132. The number of methoxy groups -OCH3 is 1. The standard InChI is InChI=1S/C21H15ClFN3O4S/c1-10-24-25-21(31-10)26-17(11-3-5-12(22)6-4-11)16(19(28)20(26)29)18(27)14-9-13(23)7-8-15(14)30-2/h3-9,17,27H,1-2H3/b18-16+/t17-/m1/s1. The highest BCUT2D eigenvalue weighted by Crippen LogP contribution is 2.44. The van der Waals surface area contributed by atoms with E-state index in [2.05, 4.69) is 10.2 Å². The van der Waals surface area contributed by atoms with Gasteiger partial charge in [-0.2, -0.15) is 0 Å². The average Bonchev–Trinajstić information content (AvgIpc) is 3.29. The third-order valence-electron chi connectivity index (χ3n) is 4.77. The van der Waals surface area contributed by atoms with Crippen molar-refractivity contribution in [2.75, 3.05) is 12.0 Å². The summed E-state index contributed by atoms with van der Waals surface area (Å²) in [6, 6.07) is 8.98. The van der Waals surface area contributed by atoms with Crippen molar-refractivity contribution in [3.63, 3.8) is 0 Å². The van der Waals surface area contributed by atoms with E-state index in [-0.39, 0.29) is 22.0 Å². The molecule has 31 heavy (non-hydrogen) atoms. The maximum Gasteiger partial charge on any atom is 0.301 e. The topological polar surface area (TPSA) is 92.6 Å². The number of rotatable bonds is 4. The van der Waals surface area contributed by atoms with Gasteiger partial charge in [-0.1, -0.05) is 35.1 Å². The van der Waals surface area contributed by atoms with Crippen molar-refractivity contribution >= 4 is 45.5 Å². The number of ether oxygens (including phenoxy) is 1. The lowest BCUT2D eigenvalue weighted by Gasteiger charge is -2.22. The second kappa shape index (κ2) is 8.09. The van der Waals surface area contributed by atoms with E-state index in [9.17, 15) is 19.1 Å². The Labute approximate surface area is 185 Å². The summed E-state index contributed by atoms with van der Waals surface area (Å²) in [5.74, 6) is -2.87. The van der Waals surface area contributed by atoms with Crippen molar-refractivity contribution in [1.29, 1.82) is 0 Å². The SMILES string of the molecule is COc1ccc(F)cc1/C(O)=C1\C(=O)C(=O)N(c2nnc(C)s2)[C@@H]1c1ccc(Cl)cc1. The fourth-order valence-corrected chi connectivity index (χ4v) is 4.22. The molecule has 1 saturated heterocycles. The average molecular weight is 460 g/mol. The van der Waals surface area contributed by atoms with Crippen molar-refractivity contribution < 1.29 is 23.8 Å². The molecule has 3 aromatic rings. The number of hydrogen-bond acceptors (Lipinski definition) is 7. The van der Waals surface area contributed by atoms with Crippen LogP contribution in [0.1, 0.15) is 22.2 Å². The van der Waals surface area contributed by atoms with Crippen LogP contribution in [0.5, 0.6) is 5.75 Å². The van der Waals surface area contributed by atoms with Crippen LogP contribution < -0.4 is 9.64 Å². The molecule has 1 fully saturated rings. The lowest BCUT2D eigenvalue weighted by Crippen LogP contribution is -2.29. The maximum atomic E-state index is 13.9. The Morgan fingerprint density at radius 3 is 2.52 bits per heavy atom. The van der Waals surface area contributed by atoms with E-state index in [4.69, 9.17) is 16.3 Å². The van der Waals surface area contributed by atoms with Crippen molar-refractivity contribution in [1.82, 2.24) is 10.2 Å². The van der Waals surface area contributed by atoms with Gasteiger partial charge in [0.25, 0.3) is 5.78 Å². The van der Waals surface area contributed by atoms with E-state index in [0.717, 1.165) is 23.5 Å². The fraction of sp³-hybridized carbons (Fsp3) is 0.143. The monoisotopic (exact) mass is 459 g/mol. The molecule has 1 aromatic heterocycles. The van der Waals surface area contributed by atoms with Crippen LogP contribution in [0.4, 0.5) is 9.52 Å². The van der Waals surface area contributed by atoms with Gasteiger partial charge in [-0.05, 0) is 42.8 Å². The first kappa shape index (κ1) is 21.0. The minimum absolute atomic E-state index is 0.0482. The molecule has 1 aliphatic rings. The highest BCUT2D eigenvalue weighted by atomic mass is 35.5. The molecule has 2 heterocycles. The molecule has 1 N–H and O–H groups in total. The Kier molecular flexibility index (Phi) is 5.47. The summed E-state index contributed by atoms with van der Waals surface area (Å²) >= 11 is 7.12. The van der Waals surface area contributed by atoms with E-state index in [1.807, 2.05) is 0 Å². The number of aliphatic hydroxyl groups is 1. The number of aromatic nitrogens is 2. The van der Waals surface area contributed by atoms with Gasteiger partial charge < -0.3 is 9.84 Å². The zero-order valence-electron chi connectivity index (χ0n) is 16.3. The third kappa shape index (κ3) is 3.66. The molecule has 0 spiro atoms. The second-order valence-corrected chi connectivity index (χ2v) is 8.27. The van der Waals surface area contributed by atoms with Gasteiger partial charge in [0.2, 0.25) is 5.13 Å². The van der Waals surface area contributed by atoms with Crippen LogP contribution in [-0.2, 0) is 9.59 Å². The highest BCUT2D eigenvalue weighted by Gasteiger charge is 2.48. The predicted molar refractivity (Wildman–Crippen MR) is 114 cm³/mol. The first-order valence-corrected chi connectivity index (χ1v) is 10.2. The molecular weight excluding hydrogens is 445 g/mol. The number of aryl methyl sites for hydroxylation is 1. The van der Waals surface area contributed by atoms with Crippen LogP contribution >= 0.6 is 22.9 Å². The molecule has 0 aliphatic carbocycles. The second-order valence-electron chi connectivity index (χ2n) is 6.67. The molecule has 2 aromatic carbocycles. The number of anilines is 1. The number of carbonyl (C=O) groups is 2. The lowest BCUT2D eigenvalue weighted by atomic mass is 9.95. The molecule has 0 radical (unpaired) electrons. The summed E-state index contributed by atoms with van der Waals surface area (Å²) in [7, 11) is 1.35. The Balaban J connectivity index is 1.98. The van der Waals surface area contributed by atoms with E-state index in [0.29, 0.717) is 15.6 Å². The number of ketones is 1. The van der Waals surface area contributed by atoms with Crippen molar-refractivity contribution in [2.24, 2.45) is 0 Å². The van der Waals surface area contributed by atoms with E-state index in [1.54, 1.807) is 31.2 Å². The van der Waals surface area contributed by atoms with Crippen molar-refractivity contribution in [3.8, 4) is 5.75 Å².